The first-order valence-electron chi connectivity index (χ1n) is 9.88. The van der Waals surface area contributed by atoms with Crippen LogP contribution in [0.2, 0.25) is 0 Å². The molecule has 10 heteroatoms. The zero-order valence-electron chi connectivity index (χ0n) is 17.8. The minimum atomic E-state index is -4.65. The van der Waals surface area contributed by atoms with Gasteiger partial charge in [0.15, 0.2) is 0 Å². The van der Waals surface area contributed by atoms with Crippen molar-refractivity contribution < 1.29 is 22.0 Å². The Morgan fingerprint density at radius 1 is 0.788 bits per heavy atom. The highest BCUT2D eigenvalue weighted by atomic mass is 19.4. The molecule has 4 aromatic rings. The van der Waals surface area contributed by atoms with Crippen molar-refractivity contribution in [1.82, 2.24) is 24.5 Å². The maximum absolute atomic E-state index is 14.2. The zero-order valence-corrected chi connectivity index (χ0v) is 17.8. The Balaban J connectivity index is 1.77. The SMILES string of the molecule is Cc1cn(-c2cccc(C(C)(C)c3cccc(-c4ccc(F)nc4F)n3)n2)c(C(F)(F)F)n1. The van der Waals surface area contributed by atoms with E-state index in [-0.39, 0.29) is 22.8 Å². The minimum absolute atomic E-state index is 0.0273. The summed E-state index contributed by atoms with van der Waals surface area (Å²) < 4.78 is 68.5. The number of nitrogens with zero attached hydrogens (tertiary/aromatic N) is 5. The molecule has 4 rings (SSSR count). The molecule has 0 saturated carbocycles. The predicted octanol–water partition coefficient (Wildman–Crippen LogP) is 5.66. The first-order chi connectivity index (χ1) is 15.5. The smallest absolute Gasteiger partial charge is 0.280 e. The molecular formula is C23H18F5N5. The fraction of sp³-hybridized carbons (Fsp3) is 0.217. The summed E-state index contributed by atoms with van der Waals surface area (Å²) in [5, 5.41) is 0. The maximum Gasteiger partial charge on any atom is 0.450 e. The lowest BCUT2D eigenvalue weighted by atomic mass is 9.84. The fourth-order valence-corrected chi connectivity index (χ4v) is 3.45. The average Bonchev–Trinajstić information content (AvgIpc) is 3.16. The van der Waals surface area contributed by atoms with Crippen molar-refractivity contribution in [1.29, 1.82) is 0 Å². The molecule has 33 heavy (non-hydrogen) atoms. The van der Waals surface area contributed by atoms with Gasteiger partial charge in [-0.2, -0.15) is 26.9 Å². The highest BCUT2D eigenvalue weighted by Crippen LogP contribution is 2.33. The van der Waals surface area contributed by atoms with E-state index in [0.29, 0.717) is 11.4 Å². The number of aryl methyl sites for hydroxylation is 1. The third-order valence-corrected chi connectivity index (χ3v) is 5.18. The van der Waals surface area contributed by atoms with Crippen molar-refractivity contribution in [3.63, 3.8) is 0 Å². The molecule has 0 spiro atoms. The van der Waals surface area contributed by atoms with Crippen LogP contribution < -0.4 is 0 Å². The van der Waals surface area contributed by atoms with Gasteiger partial charge < -0.3 is 0 Å². The van der Waals surface area contributed by atoms with Gasteiger partial charge in [-0.25, -0.2) is 9.97 Å². The second-order valence-electron chi connectivity index (χ2n) is 7.96. The number of rotatable bonds is 4. The molecule has 4 aromatic heterocycles. The molecular weight excluding hydrogens is 441 g/mol. The Bertz CT molecular complexity index is 1330. The van der Waals surface area contributed by atoms with Crippen LogP contribution in [0.15, 0.2) is 54.7 Å². The zero-order chi connectivity index (χ0) is 24.0. The van der Waals surface area contributed by atoms with E-state index in [4.69, 9.17) is 0 Å². The first-order valence-corrected chi connectivity index (χ1v) is 9.88. The molecule has 0 aliphatic heterocycles. The molecule has 170 valence electrons. The highest BCUT2D eigenvalue weighted by molar-refractivity contribution is 5.59. The number of aromatic nitrogens is 5. The van der Waals surface area contributed by atoms with Crippen molar-refractivity contribution in [2.45, 2.75) is 32.4 Å². The normalized spacial score (nSPS) is 12.2. The van der Waals surface area contributed by atoms with Gasteiger partial charge in [-0.3, -0.25) is 9.55 Å². The van der Waals surface area contributed by atoms with Gasteiger partial charge in [0.05, 0.1) is 28.3 Å². The minimum Gasteiger partial charge on any atom is -0.280 e. The lowest BCUT2D eigenvalue weighted by Gasteiger charge is -2.25. The van der Waals surface area contributed by atoms with E-state index in [1.807, 2.05) is 0 Å². The monoisotopic (exact) mass is 459 g/mol. The van der Waals surface area contributed by atoms with Crippen LogP contribution in [0.5, 0.6) is 0 Å². The highest BCUT2D eigenvalue weighted by Gasteiger charge is 2.37. The largest absolute Gasteiger partial charge is 0.450 e. The second kappa shape index (κ2) is 8.02. The van der Waals surface area contributed by atoms with Crippen LogP contribution in [0.1, 0.15) is 36.8 Å². The summed E-state index contributed by atoms with van der Waals surface area (Å²) in [5.74, 6) is -2.95. The van der Waals surface area contributed by atoms with Crippen LogP contribution in [0.25, 0.3) is 17.1 Å². The topological polar surface area (TPSA) is 56.5 Å². The van der Waals surface area contributed by atoms with E-state index in [2.05, 4.69) is 19.9 Å². The van der Waals surface area contributed by atoms with Gasteiger partial charge >= 0.3 is 6.18 Å². The molecule has 0 amide bonds. The van der Waals surface area contributed by atoms with Gasteiger partial charge in [0.1, 0.15) is 5.82 Å². The lowest BCUT2D eigenvalue weighted by molar-refractivity contribution is -0.146. The Labute approximate surface area is 186 Å². The molecule has 0 atom stereocenters. The van der Waals surface area contributed by atoms with Crippen molar-refractivity contribution in [2.24, 2.45) is 0 Å². The number of halogens is 5. The van der Waals surface area contributed by atoms with Crippen molar-refractivity contribution in [3.05, 3.63) is 89.5 Å². The summed E-state index contributed by atoms with van der Waals surface area (Å²) in [4.78, 5) is 15.7. The predicted molar refractivity (Wildman–Crippen MR) is 111 cm³/mol. The van der Waals surface area contributed by atoms with Gasteiger partial charge in [-0.05, 0) is 57.2 Å². The number of pyridine rings is 3. The quantitative estimate of drug-likeness (QED) is 0.292. The van der Waals surface area contributed by atoms with Crippen LogP contribution in [0.3, 0.4) is 0 Å². The van der Waals surface area contributed by atoms with Gasteiger partial charge in [0.25, 0.3) is 0 Å². The number of hydrogen-bond donors (Lipinski definition) is 0. The Morgan fingerprint density at radius 2 is 1.45 bits per heavy atom. The average molecular weight is 459 g/mol. The van der Waals surface area contributed by atoms with Crippen LogP contribution >= 0.6 is 0 Å². The van der Waals surface area contributed by atoms with Gasteiger partial charge in [-0.1, -0.05) is 12.1 Å². The maximum atomic E-state index is 14.2. The molecule has 0 aromatic carbocycles. The summed E-state index contributed by atoms with van der Waals surface area (Å²) in [6.45, 7) is 5.07. The number of hydrogen-bond acceptors (Lipinski definition) is 4. The summed E-state index contributed by atoms with van der Waals surface area (Å²) in [7, 11) is 0. The van der Waals surface area contributed by atoms with Crippen molar-refractivity contribution in [2.75, 3.05) is 0 Å². The van der Waals surface area contributed by atoms with Crippen LogP contribution in [-0.4, -0.2) is 24.5 Å². The number of imidazole rings is 1. The Kier molecular flexibility index (Phi) is 5.47. The van der Waals surface area contributed by atoms with Crippen molar-refractivity contribution >= 4 is 0 Å². The Morgan fingerprint density at radius 3 is 2.12 bits per heavy atom. The van der Waals surface area contributed by atoms with Gasteiger partial charge in [0, 0.05) is 11.6 Å². The van der Waals surface area contributed by atoms with E-state index in [9.17, 15) is 22.0 Å². The summed E-state index contributed by atoms with van der Waals surface area (Å²) >= 11 is 0. The molecule has 0 N–H and O–H groups in total. The van der Waals surface area contributed by atoms with Crippen LogP contribution in [0.4, 0.5) is 22.0 Å². The van der Waals surface area contributed by atoms with Crippen LogP contribution in [-0.2, 0) is 11.6 Å². The van der Waals surface area contributed by atoms with Crippen LogP contribution in [0, 0.1) is 18.8 Å². The van der Waals surface area contributed by atoms with Gasteiger partial charge in [0.2, 0.25) is 17.7 Å². The van der Waals surface area contributed by atoms with Gasteiger partial charge in [-0.15, -0.1) is 0 Å². The first kappa shape index (κ1) is 22.5. The molecule has 4 heterocycles. The van der Waals surface area contributed by atoms with E-state index < -0.39 is 29.3 Å². The summed E-state index contributed by atoms with van der Waals surface area (Å²) in [5.41, 5.74) is 0.557. The molecule has 0 aliphatic rings. The second-order valence-corrected chi connectivity index (χ2v) is 7.96. The Hall–Kier alpha value is -3.69. The fourth-order valence-electron chi connectivity index (χ4n) is 3.45. The van der Waals surface area contributed by atoms with E-state index in [1.54, 1.807) is 44.2 Å². The van der Waals surface area contributed by atoms with E-state index in [0.717, 1.165) is 10.6 Å². The van der Waals surface area contributed by atoms with E-state index >= 15 is 0 Å². The van der Waals surface area contributed by atoms with E-state index in [1.165, 1.54) is 25.3 Å². The molecule has 0 bridgehead atoms. The molecule has 0 saturated heterocycles. The van der Waals surface area contributed by atoms with Crippen molar-refractivity contribution in [3.8, 4) is 17.1 Å². The third-order valence-electron chi connectivity index (χ3n) is 5.18. The molecule has 0 aliphatic carbocycles. The third kappa shape index (κ3) is 4.33. The molecule has 0 radical (unpaired) electrons. The summed E-state index contributed by atoms with van der Waals surface area (Å²) in [6, 6.07) is 11.9. The molecule has 0 fully saturated rings. The standard InChI is InChI=1S/C23H18F5N5/c1-13-12-33(21(29-13)23(26,27)28)19-9-5-8-17(31-19)22(2,3)16-7-4-6-15(30-16)14-10-11-18(24)32-20(14)25/h4-12H,1-3H3. The molecule has 5 nitrogen and oxygen atoms in total. The summed E-state index contributed by atoms with van der Waals surface area (Å²) in [6.07, 6.45) is -3.38. The number of alkyl halides is 3. The lowest BCUT2D eigenvalue weighted by Crippen LogP contribution is -2.23. The molecule has 0 unspecified atom stereocenters.